The molecule has 1 rings (SSSR count). The average Bonchev–Trinajstić information content (AvgIpc) is 2.45. The first-order valence-electron chi connectivity index (χ1n) is 7.72. The van der Waals surface area contributed by atoms with E-state index in [2.05, 4.69) is 20.8 Å². The minimum Gasteiger partial charge on any atom is -0.392 e. The van der Waals surface area contributed by atoms with E-state index in [9.17, 15) is 4.79 Å². The van der Waals surface area contributed by atoms with Crippen molar-refractivity contribution in [3.63, 3.8) is 0 Å². The summed E-state index contributed by atoms with van der Waals surface area (Å²) in [5.74, 6) is 0.115. The van der Waals surface area contributed by atoms with Crippen LogP contribution in [0.2, 0.25) is 0 Å². The highest BCUT2D eigenvalue weighted by Crippen LogP contribution is 2.34. The Balaban J connectivity index is 3.04. The number of nitrogens with zero attached hydrogens (tertiary/aromatic N) is 1. The Morgan fingerprint density at radius 1 is 1.35 bits per heavy atom. The van der Waals surface area contributed by atoms with Gasteiger partial charge in [-0.05, 0) is 19.3 Å². The predicted octanol–water partition coefficient (Wildman–Crippen LogP) is 2.50. The normalized spacial score (nSPS) is 19.9. The van der Waals surface area contributed by atoms with Gasteiger partial charge in [-0.3, -0.25) is 4.79 Å². The third kappa shape index (κ3) is 3.50. The number of thiocarbonyl (C=S) groups is 1. The van der Waals surface area contributed by atoms with Crippen LogP contribution in [0.1, 0.15) is 52.9 Å². The smallest absolute Gasteiger partial charge is 0.236 e. The van der Waals surface area contributed by atoms with Crippen molar-refractivity contribution in [1.29, 1.82) is 0 Å². The molecule has 20 heavy (non-hydrogen) atoms. The van der Waals surface area contributed by atoms with Crippen LogP contribution in [0, 0.1) is 5.41 Å². The van der Waals surface area contributed by atoms with Crippen LogP contribution < -0.4 is 5.73 Å². The zero-order chi connectivity index (χ0) is 15.2. The summed E-state index contributed by atoms with van der Waals surface area (Å²) in [6, 6.07) is 0.152. The van der Waals surface area contributed by atoms with Crippen LogP contribution in [0.3, 0.4) is 0 Å². The highest BCUT2D eigenvalue weighted by atomic mass is 32.1. The minimum absolute atomic E-state index is 0.115. The van der Waals surface area contributed by atoms with E-state index in [0.29, 0.717) is 24.7 Å². The van der Waals surface area contributed by atoms with Gasteiger partial charge in [-0.1, -0.05) is 45.8 Å². The summed E-state index contributed by atoms with van der Waals surface area (Å²) >= 11 is 5.28. The number of nitrogens with two attached hydrogens (primary N) is 1. The van der Waals surface area contributed by atoms with Gasteiger partial charge in [-0.15, -0.1) is 0 Å². The van der Waals surface area contributed by atoms with Gasteiger partial charge in [0.05, 0.1) is 29.7 Å². The molecular weight excluding hydrogens is 272 g/mol. The van der Waals surface area contributed by atoms with Gasteiger partial charge in [0.2, 0.25) is 5.91 Å². The molecular formula is C15H28N2O2S. The van der Waals surface area contributed by atoms with Crippen molar-refractivity contribution < 1.29 is 9.53 Å². The largest absolute Gasteiger partial charge is 0.392 e. The summed E-state index contributed by atoms with van der Waals surface area (Å²) in [6.45, 7) is 8.11. The molecule has 1 amide bonds. The third-order valence-corrected chi connectivity index (χ3v) is 4.58. The molecule has 0 saturated carbocycles. The maximum Gasteiger partial charge on any atom is 0.236 e. The van der Waals surface area contributed by atoms with E-state index >= 15 is 0 Å². The molecule has 0 radical (unpaired) electrons. The van der Waals surface area contributed by atoms with Crippen molar-refractivity contribution in [2.75, 3.05) is 19.8 Å². The second kappa shape index (κ2) is 7.93. The number of hydrogen-bond donors (Lipinski definition) is 1. The molecule has 1 fully saturated rings. The third-order valence-electron chi connectivity index (χ3n) is 4.19. The lowest BCUT2D eigenvalue weighted by Gasteiger charge is -2.42. The van der Waals surface area contributed by atoms with Crippen LogP contribution >= 0.6 is 12.2 Å². The highest BCUT2D eigenvalue weighted by Gasteiger charge is 2.44. The number of rotatable bonds is 7. The number of ether oxygens (including phenoxy) is 1. The van der Waals surface area contributed by atoms with Crippen molar-refractivity contribution in [2.24, 2.45) is 11.1 Å². The molecule has 1 unspecified atom stereocenters. The summed E-state index contributed by atoms with van der Waals surface area (Å²) < 4.78 is 5.49. The molecule has 1 heterocycles. The lowest BCUT2D eigenvalue weighted by molar-refractivity contribution is -0.148. The van der Waals surface area contributed by atoms with Crippen LogP contribution in [-0.4, -0.2) is 41.6 Å². The zero-order valence-electron chi connectivity index (χ0n) is 13.0. The average molecular weight is 300 g/mol. The van der Waals surface area contributed by atoms with Crippen LogP contribution in [0.4, 0.5) is 0 Å². The lowest BCUT2D eigenvalue weighted by atomic mass is 9.77. The zero-order valence-corrected chi connectivity index (χ0v) is 13.8. The predicted molar refractivity (Wildman–Crippen MR) is 85.6 cm³/mol. The van der Waals surface area contributed by atoms with Gasteiger partial charge in [-0.2, -0.15) is 0 Å². The molecule has 0 aromatic heterocycles. The van der Waals surface area contributed by atoms with Crippen molar-refractivity contribution in [2.45, 2.75) is 58.9 Å². The fourth-order valence-electron chi connectivity index (χ4n) is 3.08. The molecule has 0 aliphatic carbocycles. The quantitative estimate of drug-likeness (QED) is 0.734. The summed E-state index contributed by atoms with van der Waals surface area (Å²) in [6.07, 6.45) is 4.19. The van der Waals surface area contributed by atoms with Gasteiger partial charge in [0, 0.05) is 6.54 Å². The lowest BCUT2D eigenvalue weighted by Crippen LogP contribution is -2.57. The second-order valence-corrected chi connectivity index (χ2v) is 6.02. The molecule has 2 N–H and O–H groups in total. The van der Waals surface area contributed by atoms with Crippen LogP contribution in [0.5, 0.6) is 0 Å². The molecule has 1 saturated heterocycles. The summed E-state index contributed by atoms with van der Waals surface area (Å²) in [5, 5.41) is 0. The molecule has 0 aromatic carbocycles. The monoisotopic (exact) mass is 300 g/mol. The first-order chi connectivity index (χ1) is 9.53. The number of morpholine rings is 1. The van der Waals surface area contributed by atoms with Gasteiger partial charge >= 0.3 is 0 Å². The van der Waals surface area contributed by atoms with Crippen molar-refractivity contribution in [1.82, 2.24) is 4.90 Å². The van der Waals surface area contributed by atoms with Crippen LogP contribution in [0.15, 0.2) is 0 Å². The number of amides is 1. The van der Waals surface area contributed by atoms with Gasteiger partial charge in [0.25, 0.3) is 0 Å². The van der Waals surface area contributed by atoms with E-state index in [1.807, 2.05) is 4.90 Å². The number of carbonyl (C=O) groups excluding carboxylic acids is 1. The molecule has 0 bridgehead atoms. The van der Waals surface area contributed by atoms with E-state index in [1.165, 1.54) is 0 Å². The fourth-order valence-corrected chi connectivity index (χ4v) is 3.37. The Bertz CT molecular complexity index is 341. The van der Waals surface area contributed by atoms with Gasteiger partial charge < -0.3 is 15.4 Å². The van der Waals surface area contributed by atoms with Crippen molar-refractivity contribution >= 4 is 23.1 Å². The maximum absolute atomic E-state index is 13.1. The van der Waals surface area contributed by atoms with Crippen LogP contribution in [0.25, 0.3) is 0 Å². The fraction of sp³-hybridized carbons (Fsp3) is 0.867. The van der Waals surface area contributed by atoms with E-state index in [0.717, 1.165) is 32.1 Å². The number of hydrogen-bond acceptors (Lipinski definition) is 3. The van der Waals surface area contributed by atoms with E-state index in [1.54, 1.807) is 0 Å². The Morgan fingerprint density at radius 2 is 1.95 bits per heavy atom. The minimum atomic E-state index is -0.663. The Morgan fingerprint density at radius 3 is 2.40 bits per heavy atom. The van der Waals surface area contributed by atoms with E-state index < -0.39 is 5.41 Å². The first-order valence-corrected chi connectivity index (χ1v) is 8.13. The molecule has 116 valence electrons. The molecule has 5 heteroatoms. The Labute approximate surface area is 128 Å². The maximum atomic E-state index is 13.1. The Hall–Kier alpha value is -0.680. The Kier molecular flexibility index (Phi) is 6.89. The molecule has 1 atom stereocenters. The molecule has 0 aromatic rings. The van der Waals surface area contributed by atoms with Gasteiger partial charge in [0.1, 0.15) is 0 Å². The SMILES string of the molecule is CCCC(CCC)(C(=O)N1CCOCC1CC)C(N)=S. The molecule has 1 aliphatic heterocycles. The van der Waals surface area contributed by atoms with Gasteiger partial charge in [-0.25, -0.2) is 0 Å². The molecule has 0 spiro atoms. The second-order valence-electron chi connectivity index (χ2n) is 5.58. The summed E-state index contributed by atoms with van der Waals surface area (Å²) in [5.41, 5.74) is 5.33. The van der Waals surface area contributed by atoms with E-state index in [-0.39, 0.29) is 11.9 Å². The molecule has 4 nitrogen and oxygen atoms in total. The molecule has 1 aliphatic rings. The van der Waals surface area contributed by atoms with E-state index in [4.69, 9.17) is 22.7 Å². The topological polar surface area (TPSA) is 55.6 Å². The van der Waals surface area contributed by atoms with Crippen molar-refractivity contribution in [3.05, 3.63) is 0 Å². The van der Waals surface area contributed by atoms with Crippen LogP contribution in [-0.2, 0) is 9.53 Å². The highest BCUT2D eigenvalue weighted by molar-refractivity contribution is 7.80. The standard InChI is InChI=1S/C15H28N2O2S/c1-4-7-15(8-5-2,13(16)20)14(18)17-9-10-19-11-12(17)6-3/h12H,4-11H2,1-3H3,(H2,16,20). The summed E-state index contributed by atoms with van der Waals surface area (Å²) in [7, 11) is 0. The summed E-state index contributed by atoms with van der Waals surface area (Å²) in [4.78, 5) is 15.4. The number of carbonyl (C=O) groups is 1. The van der Waals surface area contributed by atoms with Gasteiger partial charge in [0.15, 0.2) is 0 Å². The first kappa shape index (κ1) is 17.4. The van der Waals surface area contributed by atoms with Crippen molar-refractivity contribution in [3.8, 4) is 0 Å².